The normalized spacial score (nSPS) is 10.3. The summed E-state index contributed by atoms with van der Waals surface area (Å²) < 4.78 is 5.37. The van der Waals surface area contributed by atoms with Gasteiger partial charge in [0.15, 0.2) is 0 Å². The van der Waals surface area contributed by atoms with Crippen LogP contribution in [0, 0.1) is 6.92 Å². The lowest BCUT2D eigenvalue weighted by Crippen LogP contribution is -2.14. The van der Waals surface area contributed by atoms with Crippen LogP contribution in [0.5, 0.6) is 5.75 Å². The van der Waals surface area contributed by atoms with Gasteiger partial charge in [-0.2, -0.15) is 0 Å². The molecule has 3 aromatic rings. The Kier molecular flexibility index (Phi) is 6.05. The van der Waals surface area contributed by atoms with Crippen LogP contribution < -0.4 is 15.4 Å². The number of ether oxygens (including phenoxy) is 1. The second-order valence-electron chi connectivity index (χ2n) is 6.19. The summed E-state index contributed by atoms with van der Waals surface area (Å²) in [5.74, 6) is 1.27. The average molecular weight is 361 g/mol. The lowest BCUT2D eigenvalue weighted by atomic mass is 10.1. The zero-order valence-corrected chi connectivity index (χ0v) is 15.5. The van der Waals surface area contributed by atoms with Crippen LogP contribution in [-0.4, -0.2) is 24.5 Å². The maximum atomic E-state index is 12.3. The fourth-order valence-electron chi connectivity index (χ4n) is 2.83. The number of rotatable bonds is 7. The number of benzene rings is 2. The van der Waals surface area contributed by atoms with E-state index in [2.05, 4.69) is 21.7 Å². The smallest absolute Gasteiger partial charge is 0.257 e. The number of aryl methyl sites for hydroxylation is 1. The number of amides is 1. The zero-order chi connectivity index (χ0) is 19.1. The molecule has 5 nitrogen and oxygen atoms in total. The lowest BCUT2D eigenvalue weighted by molar-refractivity contribution is 0.102. The molecule has 5 heteroatoms. The summed E-state index contributed by atoms with van der Waals surface area (Å²) in [6.45, 7) is 2.67. The lowest BCUT2D eigenvalue weighted by Gasteiger charge is -2.10. The van der Waals surface area contributed by atoms with Gasteiger partial charge in [0.05, 0.1) is 19.0 Å². The number of hydrogen-bond donors (Lipinski definition) is 2. The quantitative estimate of drug-likeness (QED) is 0.658. The number of pyridine rings is 1. The molecule has 2 aromatic carbocycles. The van der Waals surface area contributed by atoms with Gasteiger partial charge in [0.2, 0.25) is 0 Å². The number of hydrogen-bond acceptors (Lipinski definition) is 4. The highest BCUT2D eigenvalue weighted by Gasteiger charge is 2.09. The van der Waals surface area contributed by atoms with Crippen molar-refractivity contribution in [2.24, 2.45) is 0 Å². The van der Waals surface area contributed by atoms with E-state index < -0.39 is 0 Å². The van der Waals surface area contributed by atoms with Crippen LogP contribution in [-0.2, 0) is 6.42 Å². The molecular weight excluding hydrogens is 338 g/mol. The highest BCUT2D eigenvalue weighted by atomic mass is 16.5. The van der Waals surface area contributed by atoms with Gasteiger partial charge < -0.3 is 15.4 Å². The van der Waals surface area contributed by atoms with Crippen LogP contribution in [0.2, 0.25) is 0 Å². The first-order chi connectivity index (χ1) is 13.2. The van der Waals surface area contributed by atoms with Gasteiger partial charge in [0, 0.05) is 12.1 Å². The van der Waals surface area contributed by atoms with E-state index in [4.69, 9.17) is 4.74 Å². The van der Waals surface area contributed by atoms with Crippen molar-refractivity contribution in [3.63, 3.8) is 0 Å². The molecule has 2 N–H and O–H groups in total. The van der Waals surface area contributed by atoms with Gasteiger partial charge in [-0.3, -0.25) is 4.79 Å². The zero-order valence-electron chi connectivity index (χ0n) is 15.5. The minimum absolute atomic E-state index is 0.155. The van der Waals surface area contributed by atoms with Crippen molar-refractivity contribution >= 4 is 17.4 Å². The fourth-order valence-corrected chi connectivity index (χ4v) is 2.83. The van der Waals surface area contributed by atoms with Crippen LogP contribution >= 0.6 is 0 Å². The van der Waals surface area contributed by atoms with Gasteiger partial charge in [0.1, 0.15) is 11.6 Å². The number of para-hydroxylation sites is 1. The molecule has 0 saturated carbocycles. The minimum Gasteiger partial charge on any atom is -0.496 e. The van der Waals surface area contributed by atoms with E-state index >= 15 is 0 Å². The Balaban J connectivity index is 1.54. The first-order valence-electron chi connectivity index (χ1n) is 8.86. The summed E-state index contributed by atoms with van der Waals surface area (Å²) >= 11 is 0. The third-order valence-electron chi connectivity index (χ3n) is 4.31. The summed E-state index contributed by atoms with van der Waals surface area (Å²) in [6.07, 6.45) is 2.56. The maximum Gasteiger partial charge on any atom is 0.257 e. The summed E-state index contributed by atoms with van der Waals surface area (Å²) in [5, 5.41) is 6.16. The summed E-state index contributed by atoms with van der Waals surface area (Å²) in [7, 11) is 1.68. The van der Waals surface area contributed by atoms with Crippen LogP contribution in [0.1, 0.15) is 21.5 Å². The van der Waals surface area contributed by atoms with E-state index in [1.807, 2.05) is 49.4 Å². The first-order valence-corrected chi connectivity index (χ1v) is 8.86. The number of methoxy groups -OCH3 is 1. The van der Waals surface area contributed by atoms with Gasteiger partial charge in [-0.1, -0.05) is 36.4 Å². The molecule has 3 rings (SSSR count). The predicted octanol–water partition coefficient (Wildman–Crippen LogP) is 4.31. The van der Waals surface area contributed by atoms with Gasteiger partial charge >= 0.3 is 0 Å². The van der Waals surface area contributed by atoms with Crippen LogP contribution in [0.4, 0.5) is 11.5 Å². The molecule has 0 bridgehead atoms. The van der Waals surface area contributed by atoms with Crippen molar-refractivity contribution in [3.8, 4) is 5.75 Å². The van der Waals surface area contributed by atoms with Crippen molar-refractivity contribution in [1.29, 1.82) is 0 Å². The SMILES string of the molecule is COc1ccccc1CCNc1ccc(NC(=O)c2ccccc2C)nc1. The van der Waals surface area contributed by atoms with E-state index in [1.165, 1.54) is 0 Å². The molecule has 0 unspecified atom stereocenters. The molecule has 1 aromatic heterocycles. The number of carbonyl (C=O) groups excluding carboxylic acids is 1. The number of nitrogens with one attached hydrogen (secondary N) is 2. The monoisotopic (exact) mass is 361 g/mol. The van der Waals surface area contributed by atoms with E-state index in [0.717, 1.165) is 35.5 Å². The van der Waals surface area contributed by atoms with Crippen LogP contribution in [0.25, 0.3) is 0 Å². The molecule has 0 atom stereocenters. The van der Waals surface area contributed by atoms with Gasteiger partial charge in [-0.05, 0) is 48.7 Å². The highest BCUT2D eigenvalue weighted by Crippen LogP contribution is 2.18. The third kappa shape index (κ3) is 4.85. The number of aromatic nitrogens is 1. The Hall–Kier alpha value is -3.34. The number of nitrogens with zero attached hydrogens (tertiary/aromatic N) is 1. The molecule has 138 valence electrons. The molecule has 0 radical (unpaired) electrons. The second-order valence-corrected chi connectivity index (χ2v) is 6.19. The minimum atomic E-state index is -0.155. The van der Waals surface area contributed by atoms with Crippen LogP contribution in [0.15, 0.2) is 66.9 Å². The van der Waals surface area contributed by atoms with Gasteiger partial charge in [0.25, 0.3) is 5.91 Å². The van der Waals surface area contributed by atoms with Gasteiger partial charge in [-0.15, -0.1) is 0 Å². The van der Waals surface area contributed by atoms with Crippen molar-refractivity contribution in [1.82, 2.24) is 4.98 Å². The van der Waals surface area contributed by atoms with E-state index in [-0.39, 0.29) is 5.91 Å². The summed E-state index contributed by atoms with van der Waals surface area (Å²) in [4.78, 5) is 16.6. The Morgan fingerprint density at radius 1 is 1.04 bits per heavy atom. The predicted molar refractivity (Wildman–Crippen MR) is 109 cm³/mol. The molecule has 1 amide bonds. The standard InChI is InChI=1S/C22H23N3O2/c1-16-7-3-5-9-19(16)22(26)25-21-12-11-18(15-24-21)23-14-13-17-8-4-6-10-20(17)27-2/h3-12,15,23H,13-14H2,1-2H3,(H,24,25,26). The number of anilines is 2. The van der Waals surface area contributed by atoms with Crippen molar-refractivity contribution in [2.45, 2.75) is 13.3 Å². The van der Waals surface area contributed by atoms with Crippen LogP contribution in [0.3, 0.4) is 0 Å². The van der Waals surface area contributed by atoms with E-state index in [1.54, 1.807) is 25.4 Å². The Labute approximate surface area is 159 Å². The molecule has 1 heterocycles. The average Bonchev–Trinajstić information content (AvgIpc) is 2.70. The largest absolute Gasteiger partial charge is 0.496 e. The Morgan fingerprint density at radius 2 is 1.81 bits per heavy atom. The van der Waals surface area contributed by atoms with Crippen molar-refractivity contribution < 1.29 is 9.53 Å². The maximum absolute atomic E-state index is 12.3. The molecule has 0 aliphatic carbocycles. The number of carbonyl (C=O) groups is 1. The summed E-state index contributed by atoms with van der Waals surface area (Å²) in [6, 6.07) is 19.2. The second kappa shape index (κ2) is 8.85. The molecule has 27 heavy (non-hydrogen) atoms. The van der Waals surface area contributed by atoms with Gasteiger partial charge in [-0.25, -0.2) is 4.98 Å². The third-order valence-corrected chi connectivity index (χ3v) is 4.31. The van der Waals surface area contributed by atoms with E-state index in [9.17, 15) is 4.79 Å². The Morgan fingerprint density at radius 3 is 2.56 bits per heavy atom. The van der Waals surface area contributed by atoms with Crippen molar-refractivity contribution in [3.05, 3.63) is 83.6 Å². The first kappa shape index (κ1) is 18.5. The molecule has 0 aliphatic heterocycles. The fraction of sp³-hybridized carbons (Fsp3) is 0.182. The topological polar surface area (TPSA) is 63.2 Å². The molecule has 0 fully saturated rings. The van der Waals surface area contributed by atoms with Crippen molar-refractivity contribution in [2.75, 3.05) is 24.3 Å². The molecule has 0 spiro atoms. The Bertz CT molecular complexity index is 907. The molecular formula is C22H23N3O2. The molecule has 0 saturated heterocycles. The highest BCUT2D eigenvalue weighted by molar-refractivity contribution is 6.04. The van der Waals surface area contributed by atoms with E-state index in [0.29, 0.717) is 11.4 Å². The summed E-state index contributed by atoms with van der Waals surface area (Å²) in [5.41, 5.74) is 3.64. The molecule has 0 aliphatic rings.